The highest BCUT2D eigenvalue weighted by atomic mass is 35.5. The van der Waals surface area contributed by atoms with Gasteiger partial charge in [0.25, 0.3) is 5.56 Å². The molecule has 2 aromatic rings. The van der Waals surface area contributed by atoms with Gasteiger partial charge in [0.15, 0.2) is 16.1 Å². The number of hydrogen-bond donors (Lipinski definition) is 2. The van der Waals surface area contributed by atoms with Crippen molar-refractivity contribution in [2.75, 3.05) is 25.9 Å². The van der Waals surface area contributed by atoms with Gasteiger partial charge in [-0.15, -0.1) is 0 Å². The highest BCUT2D eigenvalue weighted by Crippen LogP contribution is 2.28. The molecule has 0 aromatic carbocycles. The Labute approximate surface area is 201 Å². The van der Waals surface area contributed by atoms with Crippen LogP contribution in [0, 0.1) is 5.82 Å². The van der Waals surface area contributed by atoms with Crippen LogP contribution in [0.25, 0.3) is 10.9 Å². The van der Waals surface area contributed by atoms with Crippen LogP contribution >= 0.6 is 23.4 Å². The van der Waals surface area contributed by atoms with E-state index in [2.05, 4.69) is 20.3 Å². The Morgan fingerprint density at radius 1 is 1.33 bits per heavy atom. The Morgan fingerprint density at radius 3 is 2.61 bits per heavy atom. The number of pyridine rings is 1. The summed E-state index contributed by atoms with van der Waals surface area (Å²) in [5, 5.41) is 2.97. The Morgan fingerprint density at radius 2 is 2.00 bits per heavy atom. The number of hydrogen-bond acceptors (Lipinski definition) is 8. The van der Waals surface area contributed by atoms with Gasteiger partial charge in [0.05, 0.1) is 6.04 Å². The topological polar surface area (TPSA) is 109 Å². The van der Waals surface area contributed by atoms with E-state index in [-0.39, 0.29) is 28.0 Å². The molecule has 184 valence electrons. The normalized spacial score (nSPS) is 17.2. The Hall–Kier alpha value is -2.11. The van der Waals surface area contributed by atoms with Crippen LogP contribution in [0.2, 0.25) is 5.15 Å². The summed E-state index contributed by atoms with van der Waals surface area (Å²) in [6, 6.07) is -0.278. The molecule has 12 heteroatoms. The lowest BCUT2D eigenvalue weighted by atomic mass is 10.1. The van der Waals surface area contributed by atoms with E-state index in [9.17, 15) is 14.0 Å². The second kappa shape index (κ2) is 11.3. The van der Waals surface area contributed by atoms with Crippen LogP contribution in [0.1, 0.15) is 41.5 Å². The third kappa shape index (κ3) is 6.70. The molecule has 0 saturated carbocycles. The van der Waals surface area contributed by atoms with Gasteiger partial charge >= 0.3 is 6.09 Å². The van der Waals surface area contributed by atoms with Gasteiger partial charge in [-0.25, -0.2) is 14.2 Å². The van der Waals surface area contributed by atoms with E-state index < -0.39 is 34.3 Å². The first kappa shape index (κ1) is 27.1. The maximum atomic E-state index is 14.5. The molecule has 2 atom stereocenters. The summed E-state index contributed by atoms with van der Waals surface area (Å²) in [4.78, 5) is 37.1. The molecule has 3 rings (SSSR count). The number of amides is 1. The Kier molecular flexibility index (Phi) is 9.33. The first-order valence-corrected chi connectivity index (χ1v) is 12.3. The van der Waals surface area contributed by atoms with Crippen molar-refractivity contribution in [3.05, 3.63) is 21.3 Å². The quantitative estimate of drug-likeness (QED) is 0.368. The molecule has 3 heterocycles. The van der Waals surface area contributed by atoms with Crippen molar-refractivity contribution in [1.29, 1.82) is 0 Å². The molecular weight excluding hydrogens is 473 g/mol. The van der Waals surface area contributed by atoms with E-state index in [0.717, 1.165) is 11.8 Å². The minimum absolute atomic E-state index is 0.119. The number of carbonyl (C=O) groups excluding carboxylic acids is 1. The van der Waals surface area contributed by atoms with Crippen molar-refractivity contribution in [2.24, 2.45) is 0 Å². The largest absolute Gasteiger partial charge is 0.472 e. The zero-order valence-electron chi connectivity index (χ0n) is 19.9. The van der Waals surface area contributed by atoms with Crippen LogP contribution in [0.5, 0.6) is 5.88 Å². The fourth-order valence-electron chi connectivity index (χ4n) is 3.13. The molecule has 9 nitrogen and oxygen atoms in total. The number of nitrogens with one attached hydrogen (secondary N) is 2. The van der Waals surface area contributed by atoms with Crippen LogP contribution < -0.4 is 15.6 Å². The van der Waals surface area contributed by atoms with Gasteiger partial charge in [0, 0.05) is 19.6 Å². The minimum atomic E-state index is -0.884. The molecule has 2 aromatic heterocycles. The lowest BCUT2D eigenvalue weighted by Gasteiger charge is -2.37. The van der Waals surface area contributed by atoms with Crippen molar-refractivity contribution in [3.8, 4) is 5.88 Å². The summed E-state index contributed by atoms with van der Waals surface area (Å²) in [5.74, 6) is -1.00. The number of thioether (sulfide) groups is 1. The third-order valence-corrected chi connectivity index (χ3v) is 5.45. The van der Waals surface area contributed by atoms with Crippen LogP contribution in [0.15, 0.2) is 9.95 Å². The number of carbonyl (C=O) groups is 1. The number of rotatable bonds is 4. The lowest BCUT2D eigenvalue weighted by molar-refractivity contribution is 0.0141. The van der Waals surface area contributed by atoms with E-state index in [1.807, 2.05) is 13.8 Å². The average molecular weight is 504 g/mol. The van der Waals surface area contributed by atoms with Crippen LogP contribution in [-0.4, -0.2) is 69.6 Å². The Bertz CT molecular complexity index is 1050. The number of aromatic amines is 1. The molecule has 1 unspecified atom stereocenters. The summed E-state index contributed by atoms with van der Waals surface area (Å²) in [6.07, 6.45) is 0.766. The number of aromatic nitrogens is 3. The maximum Gasteiger partial charge on any atom is 0.410 e. The molecule has 1 fully saturated rings. The van der Waals surface area contributed by atoms with Crippen molar-refractivity contribution in [1.82, 2.24) is 25.2 Å². The highest BCUT2D eigenvalue weighted by Gasteiger charge is 2.31. The van der Waals surface area contributed by atoms with Crippen molar-refractivity contribution in [3.63, 3.8) is 0 Å². The molecule has 0 bridgehead atoms. The predicted molar refractivity (Wildman–Crippen MR) is 128 cm³/mol. The number of fused-ring (bicyclic) bond motifs is 1. The van der Waals surface area contributed by atoms with Crippen molar-refractivity contribution < 1.29 is 18.7 Å². The molecule has 0 spiro atoms. The molecule has 2 N–H and O–H groups in total. The molecule has 33 heavy (non-hydrogen) atoms. The van der Waals surface area contributed by atoms with Gasteiger partial charge in [-0.3, -0.25) is 4.79 Å². The summed E-state index contributed by atoms with van der Waals surface area (Å²) in [6.45, 7) is 12.5. The van der Waals surface area contributed by atoms with Crippen molar-refractivity contribution >= 4 is 40.4 Å². The second-order valence-electron chi connectivity index (χ2n) is 8.13. The number of piperazine rings is 1. The van der Waals surface area contributed by atoms with E-state index in [4.69, 9.17) is 21.1 Å². The first-order valence-electron chi connectivity index (χ1n) is 10.7. The highest BCUT2D eigenvalue weighted by molar-refractivity contribution is 7.98. The SMILES string of the molecule is CC.CSc1nc2c(F)c(Cl)nc(O[C@@H](C)C3CN(C(=O)OC(C)(C)C)CCN3)c2c(=O)[nH]1. The first-order chi connectivity index (χ1) is 15.5. The van der Waals surface area contributed by atoms with Crippen molar-refractivity contribution in [2.45, 2.75) is 64.4 Å². The minimum Gasteiger partial charge on any atom is -0.472 e. The number of nitrogens with zero attached hydrogens (tertiary/aromatic N) is 3. The van der Waals surface area contributed by atoms with Gasteiger partial charge in [-0.1, -0.05) is 37.2 Å². The van der Waals surface area contributed by atoms with Gasteiger partial charge < -0.3 is 24.7 Å². The Balaban J connectivity index is 0.00000187. The number of ether oxygens (including phenoxy) is 2. The summed E-state index contributed by atoms with van der Waals surface area (Å²) >= 11 is 7.09. The molecule has 0 radical (unpaired) electrons. The van der Waals surface area contributed by atoms with E-state index >= 15 is 0 Å². The number of halogens is 2. The smallest absolute Gasteiger partial charge is 0.410 e. The standard InChI is InChI=1S/C19H25ClFN5O4S.C2H6/c1-9(10-8-26(7-6-22-10)18(28)30-19(2,3)4)29-16-11-13(12(21)14(20)24-16)23-17(31-5)25-15(11)27;1-2/h9-10,22H,6-8H2,1-5H3,(H,23,25,27);1-2H3/t9-,10?;/m0./s1. The van der Waals surface area contributed by atoms with E-state index in [1.54, 1.807) is 38.9 Å². The van der Waals surface area contributed by atoms with Gasteiger partial charge in [-0.2, -0.15) is 4.98 Å². The van der Waals surface area contributed by atoms with E-state index in [0.29, 0.717) is 19.6 Å². The summed E-state index contributed by atoms with van der Waals surface area (Å²) < 4.78 is 25.9. The summed E-state index contributed by atoms with van der Waals surface area (Å²) in [7, 11) is 0. The van der Waals surface area contributed by atoms with Crippen LogP contribution in [-0.2, 0) is 4.74 Å². The molecule has 1 saturated heterocycles. The van der Waals surface area contributed by atoms with E-state index in [1.165, 1.54) is 0 Å². The average Bonchev–Trinajstić information content (AvgIpc) is 2.77. The zero-order chi connectivity index (χ0) is 24.9. The van der Waals surface area contributed by atoms with Crippen LogP contribution in [0.4, 0.5) is 9.18 Å². The van der Waals surface area contributed by atoms with Crippen LogP contribution in [0.3, 0.4) is 0 Å². The maximum absolute atomic E-state index is 14.5. The monoisotopic (exact) mass is 503 g/mol. The van der Waals surface area contributed by atoms with Gasteiger partial charge in [0.2, 0.25) is 5.88 Å². The molecule has 1 aliphatic heterocycles. The van der Waals surface area contributed by atoms with Gasteiger partial charge in [-0.05, 0) is 34.0 Å². The molecule has 1 aliphatic rings. The third-order valence-electron chi connectivity index (χ3n) is 4.61. The fourth-order valence-corrected chi connectivity index (χ4v) is 3.67. The zero-order valence-corrected chi connectivity index (χ0v) is 21.5. The lowest BCUT2D eigenvalue weighted by Crippen LogP contribution is -2.58. The molecule has 1 amide bonds. The fraction of sp³-hybridized carbons (Fsp3) is 0.619. The second-order valence-corrected chi connectivity index (χ2v) is 9.28. The molecular formula is C21H31ClFN5O4S. The summed E-state index contributed by atoms with van der Waals surface area (Å²) in [5.41, 5.74) is -1.38. The predicted octanol–water partition coefficient (Wildman–Crippen LogP) is 3.83. The number of H-pyrrole nitrogens is 1. The van der Waals surface area contributed by atoms with Gasteiger partial charge in [0.1, 0.15) is 22.6 Å². The molecule has 0 aliphatic carbocycles.